The van der Waals surface area contributed by atoms with Crippen LogP contribution in [0.3, 0.4) is 0 Å². The Kier molecular flexibility index (Phi) is 9.37. The summed E-state index contributed by atoms with van der Waals surface area (Å²) >= 11 is 0. The number of ether oxygens (including phenoxy) is 1. The first-order chi connectivity index (χ1) is 14.9. The summed E-state index contributed by atoms with van der Waals surface area (Å²) in [5.41, 5.74) is 6.12. The third-order valence-electron chi connectivity index (χ3n) is 5.17. The Labute approximate surface area is 183 Å². The smallest absolute Gasteiger partial charge is 0.330 e. The van der Waals surface area contributed by atoms with Gasteiger partial charge in [0.15, 0.2) is 12.3 Å². The second-order valence-electron chi connectivity index (χ2n) is 7.54. The molecule has 0 atom stereocenters. The molecular formula is C23H34N4O4. The summed E-state index contributed by atoms with van der Waals surface area (Å²) < 4.78 is 7.03. The van der Waals surface area contributed by atoms with Crippen LogP contribution < -0.4 is 26.6 Å². The zero-order chi connectivity index (χ0) is 22.8. The average molecular weight is 431 g/mol. The zero-order valence-corrected chi connectivity index (χ0v) is 18.8. The Balaban J connectivity index is 2.33. The summed E-state index contributed by atoms with van der Waals surface area (Å²) in [4.78, 5) is 41.6. The number of nitrogens with two attached hydrogens (primary N) is 1. The van der Waals surface area contributed by atoms with Crippen LogP contribution in [-0.4, -0.2) is 28.6 Å². The number of H-pyrrole nitrogens is 1. The first kappa shape index (κ1) is 24.2. The van der Waals surface area contributed by atoms with E-state index in [1.807, 2.05) is 32.0 Å². The number of anilines is 2. The lowest BCUT2D eigenvalue weighted by Crippen LogP contribution is -2.43. The van der Waals surface area contributed by atoms with Crippen LogP contribution in [0.1, 0.15) is 58.4 Å². The number of nitrogens with zero attached hydrogens (tertiary/aromatic N) is 2. The SMILES string of the molecule is CCCCCN(C(=O)COc1cccc(CC)c1)c1c(N)n(CCCC)c(=O)[nH]c1=O. The third kappa shape index (κ3) is 6.47. The van der Waals surface area contributed by atoms with Crippen molar-refractivity contribution in [3.8, 4) is 5.75 Å². The number of hydrogen-bond acceptors (Lipinski definition) is 5. The molecule has 1 heterocycles. The minimum Gasteiger partial charge on any atom is -0.484 e. The normalized spacial score (nSPS) is 10.8. The summed E-state index contributed by atoms with van der Waals surface area (Å²) in [6.07, 6.45) is 5.03. The topological polar surface area (TPSA) is 110 Å². The van der Waals surface area contributed by atoms with E-state index in [0.29, 0.717) is 25.3 Å². The molecule has 0 saturated carbocycles. The van der Waals surface area contributed by atoms with Gasteiger partial charge in [0.2, 0.25) is 0 Å². The second-order valence-corrected chi connectivity index (χ2v) is 7.54. The van der Waals surface area contributed by atoms with Crippen LogP contribution in [-0.2, 0) is 17.8 Å². The van der Waals surface area contributed by atoms with Gasteiger partial charge in [-0.15, -0.1) is 0 Å². The van der Waals surface area contributed by atoms with Crippen molar-refractivity contribution < 1.29 is 9.53 Å². The van der Waals surface area contributed by atoms with Crippen molar-refractivity contribution in [3.05, 3.63) is 50.7 Å². The van der Waals surface area contributed by atoms with E-state index in [2.05, 4.69) is 11.9 Å². The zero-order valence-electron chi connectivity index (χ0n) is 18.8. The van der Waals surface area contributed by atoms with E-state index in [0.717, 1.165) is 37.7 Å². The fourth-order valence-corrected chi connectivity index (χ4v) is 3.34. The number of aromatic nitrogens is 2. The van der Waals surface area contributed by atoms with Crippen LogP contribution in [0.4, 0.5) is 11.5 Å². The Morgan fingerprint density at radius 3 is 2.55 bits per heavy atom. The molecule has 1 aromatic heterocycles. The molecule has 1 aromatic carbocycles. The largest absolute Gasteiger partial charge is 0.484 e. The first-order valence-electron chi connectivity index (χ1n) is 11.1. The standard InChI is InChI=1S/C23H34N4O4/c1-4-7-9-14-26(19(28)16-31-18-12-10-11-17(6-3)15-18)20-21(24)27(13-8-5-2)23(30)25-22(20)29/h10-12,15H,4-9,13-14,16,24H2,1-3H3,(H,25,29,30). The van der Waals surface area contributed by atoms with Crippen LogP contribution in [0.2, 0.25) is 0 Å². The van der Waals surface area contributed by atoms with Gasteiger partial charge in [-0.05, 0) is 37.0 Å². The predicted octanol–water partition coefficient (Wildman–Crippen LogP) is 3.08. The van der Waals surface area contributed by atoms with E-state index in [4.69, 9.17) is 10.5 Å². The van der Waals surface area contributed by atoms with Gasteiger partial charge < -0.3 is 15.4 Å². The van der Waals surface area contributed by atoms with Crippen molar-refractivity contribution in [2.24, 2.45) is 0 Å². The van der Waals surface area contributed by atoms with Crippen LogP contribution >= 0.6 is 0 Å². The lowest BCUT2D eigenvalue weighted by atomic mass is 10.2. The Morgan fingerprint density at radius 2 is 1.87 bits per heavy atom. The molecule has 31 heavy (non-hydrogen) atoms. The molecule has 0 fully saturated rings. The van der Waals surface area contributed by atoms with Gasteiger partial charge in [0.25, 0.3) is 11.5 Å². The molecule has 3 N–H and O–H groups in total. The minimum absolute atomic E-state index is 0.0139. The molecule has 8 nitrogen and oxygen atoms in total. The van der Waals surface area contributed by atoms with Gasteiger partial charge in [-0.2, -0.15) is 0 Å². The van der Waals surface area contributed by atoms with Crippen molar-refractivity contribution in [1.29, 1.82) is 0 Å². The fourth-order valence-electron chi connectivity index (χ4n) is 3.34. The van der Waals surface area contributed by atoms with Crippen LogP contribution in [0.25, 0.3) is 0 Å². The summed E-state index contributed by atoms with van der Waals surface area (Å²) in [6, 6.07) is 7.55. The maximum atomic E-state index is 13.1. The molecule has 2 rings (SSSR count). The molecule has 0 aliphatic rings. The highest BCUT2D eigenvalue weighted by Gasteiger charge is 2.24. The number of nitrogen functional groups attached to an aromatic ring is 1. The summed E-state index contributed by atoms with van der Waals surface area (Å²) in [5, 5.41) is 0. The predicted molar refractivity (Wildman–Crippen MR) is 124 cm³/mol. The highest BCUT2D eigenvalue weighted by atomic mass is 16.5. The molecule has 0 saturated heterocycles. The maximum Gasteiger partial charge on any atom is 0.330 e. The number of carbonyl (C=O) groups excluding carboxylic acids is 1. The van der Waals surface area contributed by atoms with E-state index < -0.39 is 11.2 Å². The Morgan fingerprint density at radius 1 is 1.13 bits per heavy atom. The molecular weight excluding hydrogens is 396 g/mol. The number of benzene rings is 1. The number of nitrogens with one attached hydrogen (secondary N) is 1. The molecule has 0 radical (unpaired) electrons. The molecule has 170 valence electrons. The van der Waals surface area contributed by atoms with Crippen molar-refractivity contribution in [1.82, 2.24) is 9.55 Å². The number of aromatic amines is 1. The van der Waals surface area contributed by atoms with Gasteiger partial charge in [-0.25, -0.2) is 4.79 Å². The number of carbonyl (C=O) groups is 1. The van der Waals surface area contributed by atoms with E-state index in [1.165, 1.54) is 9.47 Å². The van der Waals surface area contributed by atoms with E-state index in [9.17, 15) is 14.4 Å². The lowest BCUT2D eigenvalue weighted by Gasteiger charge is -2.24. The summed E-state index contributed by atoms with van der Waals surface area (Å²) in [5.74, 6) is 0.229. The molecule has 8 heteroatoms. The van der Waals surface area contributed by atoms with Crippen molar-refractivity contribution >= 4 is 17.4 Å². The fraction of sp³-hybridized carbons (Fsp3) is 0.522. The quantitative estimate of drug-likeness (QED) is 0.503. The number of aryl methyl sites for hydroxylation is 1. The molecule has 0 unspecified atom stereocenters. The van der Waals surface area contributed by atoms with E-state index in [-0.39, 0.29) is 24.0 Å². The summed E-state index contributed by atoms with van der Waals surface area (Å²) in [6.45, 7) is 6.57. The van der Waals surface area contributed by atoms with Gasteiger partial charge in [0.05, 0.1) is 0 Å². The van der Waals surface area contributed by atoms with Crippen LogP contribution in [0.15, 0.2) is 33.9 Å². The lowest BCUT2D eigenvalue weighted by molar-refractivity contribution is -0.120. The molecule has 0 aliphatic carbocycles. The van der Waals surface area contributed by atoms with Crippen molar-refractivity contribution in [3.63, 3.8) is 0 Å². The first-order valence-corrected chi connectivity index (χ1v) is 11.1. The van der Waals surface area contributed by atoms with Gasteiger partial charge in [0, 0.05) is 13.1 Å². The Hall–Kier alpha value is -3.03. The summed E-state index contributed by atoms with van der Waals surface area (Å²) in [7, 11) is 0. The highest BCUT2D eigenvalue weighted by molar-refractivity contribution is 5.96. The second kappa shape index (κ2) is 12.0. The van der Waals surface area contributed by atoms with E-state index >= 15 is 0 Å². The van der Waals surface area contributed by atoms with Gasteiger partial charge in [0.1, 0.15) is 11.6 Å². The average Bonchev–Trinajstić information content (AvgIpc) is 2.76. The van der Waals surface area contributed by atoms with Gasteiger partial charge in [-0.1, -0.05) is 52.2 Å². The highest BCUT2D eigenvalue weighted by Crippen LogP contribution is 2.19. The Bertz CT molecular complexity index is 980. The minimum atomic E-state index is -0.659. The molecule has 0 spiro atoms. The van der Waals surface area contributed by atoms with Crippen molar-refractivity contribution in [2.45, 2.75) is 65.8 Å². The number of amides is 1. The molecule has 1 amide bonds. The van der Waals surface area contributed by atoms with Crippen LogP contribution in [0.5, 0.6) is 5.75 Å². The third-order valence-corrected chi connectivity index (χ3v) is 5.17. The number of hydrogen-bond donors (Lipinski definition) is 2. The number of unbranched alkanes of at least 4 members (excludes halogenated alkanes) is 3. The van der Waals surface area contributed by atoms with E-state index in [1.54, 1.807) is 6.07 Å². The molecule has 0 aliphatic heterocycles. The van der Waals surface area contributed by atoms with Gasteiger partial charge in [-0.3, -0.25) is 19.1 Å². The van der Waals surface area contributed by atoms with Gasteiger partial charge >= 0.3 is 5.69 Å². The maximum absolute atomic E-state index is 13.1. The molecule has 2 aromatic rings. The number of rotatable bonds is 12. The van der Waals surface area contributed by atoms with Crippen molar-refractivity contribution in [2.75, 3.05) is 23.8 Å². The van der Waals surface area contributed by atoms with Crippen LogP contribution in [0, 0.1) is 0 Å². The monoisotopic (exact) mass is 430 g/mol. The molecule has 0 bridgehead atoms.